The molecule has 0 heterocycles. The van der Waals surface area contributed by atoms with Gasteiger partial charge in [0.1, 0.15) is 0 Å². The molecule has 12 heavy (non-hydrogen) atoms. The number of hydrogen-bond acceptors (Lipinski definition) is 2. The van der Waals surface area contributed by atoms with Gasteiger partial charge < -0.3 is 5.84 Å². The van der Waals surface area contributed by atoms with Gasteiger partial charge in [0.15, 0.2) is 0 Å². The van der Waals surface area contributed by atoms with E-state index in [1.54, 1.807) is 25.1 Å². The van der Waals surface area contributed by atoms with Gasteiger partial charge in [-0.1, -0.05) is 29.3 Å². The molecule has 0 aliphatic rings. The molecule has 0 amide bonds. The van der Waals surface area contributed by atoms with E-state index in [9.17, 15) is 0 Å². The highest BCUT2D eigenvalue weighted by Crippen LogP contribution is 2.21. The molecule has 0 spiro atoms. The predicted molar refractivity (Wildman–Crippen MR) is 52.9 cm³/mol. The van der Waals surface area contributed by atoms with Crippen LogP contribution in [0.3, 0.4) is 0 Å². The van der Waals surface area contributed by atoms with E-state index < -0.39 is 0 Å². The zero-order chi connectivity index (χ0) is 9.14. The topological polar surface area (TPSA) is 38.4 Å². The van der Waals surface area contributed by atoms with Crippen LogP contribution in [0.15, 0.2) is 23.3 Å². The van der Waals surface area contributed by atoms with Crippen molar-refractivity contribution in [2.75, 3.05) is 0 Å². The van der Waals surface area contributed by atoms with Crippen LogP contribution in [0.4, 0.5) is 0 Å². The lowest BCUT2D eigenvalue weighted by Crippen LogP contribution is -1.99. The minimum absolute atomic E-state index is 0.564. The molecule has 0 saturated heterocycles. The summed E-state index contributed by atoms with van der Waals surface area (Å²) in [5.74, 6) is 5.11. The Morgan fingerprint density at radius 2 is 2.08 bits per heavy atom. The molecule has 1 aromatic rings. The van der Waals surface area contributed by atoms with Crippen LogP contribution in [-0.2, 0) is 0 Å². The summed E-state index contributed by atoms with van der Waals surface area (Å²) in [5.41, 5.74) is 1.50. The van der Waals surface area contributed by atoms with E-state index in [1.165, 1.54) is 0 Å². The third-order valence-electron chi connectivity index (χ3n) is 1.51. The normalized spacial score (nSPS) is 11.8. The maximum absolute atomic E-state index is 5.88. The van der Waals surface area contributed by atoms with Crippen molar-refractivity contribution in [1.82, 2.24) is 0 Å². The summed E-state index contributed by atoms with van der Waals surface area (Å²) in [6.07, 6.45) is 0. The summed E-state index contributed by atoms with van der Waals surface area (Å²) in [7, 11) is 0. The number of nitrogens with zero attached hydrogens (tertiary/aromatic N) is 1. The molecule has 2 N–H and O–H groups in total. The van der Waals surface area contributed by atoms with Gasteiger partial charge in [0.05, 0.1) is 10.7 Å². The van der Waals surface area contributed by atoms with Crippen LogP contribution in [0.1, 0.15) is 12.5 Å². The van der Waals surface area contributed by atoms with Gasteiger partial charge >= 0.3 is 0 Å². The molecular weight excluding hydrogens is 195 g/mol. The van der Waals surface area contributed by atoms with Crippen molar-refractivity contribution in [3.8, 4) is 0 Å². The molecule has 0 aromatic heterocycles. The third-order valence-corrected chi connectivity index (χ3v) is 2.06. The second-order valence-electron chi connectivity index (χ2n) is 2.34. The Bertz CT molecular complexity index is 321. The predicted octanol–water partition coefficient (Wildman–Crippen LogP) is 2.68. The van der Waals surface area contributed by atoms with Crippen molar-refractivity contribution in [2.45, 2.75) is 6.92 Å². The molecule has 1 aromatic carbocycles. The molecule has 1 rings (SSSR count). The highest BCUT2D eigenvalue weighted by molar-refractivity contribution is 6.36. The average molecular weight is 203 g/mol. The summed E-state index contributed by atoms with van der Waals surface area (Å²) >= 11 is 11.6. The van der Waals surface area contributed by atoms with Crippen molar-refractivity contribution in [3.63, 3.8) is 0 Å². The van der Waals surface area contributed by atoms with E-state index in [-0.39, 0.29) is 0 Å². The van der Waals surface area contributed by atoms with Gasteiger partial charge in [-0.15, -0.1) is 0 Å². The van der Waals surface area contributed by atoms with Crippen LogP contribution >= 0.6 is 23.2 Å². The van der Waals surface area contributed by atoms with Gasteiger partial charge in [0.2, 0.25) is 0 Å². The number of rotatable bonds is 1. The Morgan fingerprint density at radius 3 is 2.58 bits per heavy atom. The number of nitrogens with two attached hydrogens (primary N) is 1. The van der Waals surface area contributed by atoms with E-state index in [2.05, 4.69) is 5.10 Å². The van der Waals surface area contributed by atoms with E-state index in [4.69, 9.17) is 29.0 Å². The lowest BCUT2D eigenvalue weighted by atomic mass is 10.1. The molecule has 0 unspecified atom stereocenters. The molecule has 0 radical (unpaired) electrons. The van der Waals surface area contributed by atoms with Crippen molar-refractivity contribution >= 4 is 28.9 Å². The van der Waals surface area contributed by atoms with E-state index in [1.807, 2.05) is 0 Å². The third kappa shape index (κ3) is 1.90. The average Bonchev–Trinajstić information content (AvgIpc) is 2.03. The molecule has 0 aliphatic carbocycles. The first-order valence-electron chi connectivity index (χ1n) is 3.35. The van der Waals surface area contributed by atoms with Crippen LogP contribution in [0, 0.1) is 0 Å². The first kappa shape index (κ1) is 9.36. The Morgan fingerprint density at radius 1 is 1.42 bits per heavy atom. The summed E-state index contributed by atoms with van der Waals surface area (Å²) in [5, 5.41) is 4.71. The SMILES string of the molecule is C/C(=N/N)c1ccc(Cl)cc1Cl. The molecule has 0 bridgehead atoms. The first-order valence-corrected chi connectivity index (χ1v) is 4.10. The van der Waals surface area contributed by atoms with Gasteiger partial charge in [0, 0.05) is 10.6 Å². The number of benzene rings is 1. The lowest BCUT2D eigenvalue weighted by Gasteiger charge is -2.01. The number of hydrazone groups is 1. The number of halogens is 2. The summed E-state index contributed by atoms with van der Waals surface area (Å²) in [4.78, 5) is 0. The zero-order valence-corrected chi connectivity index (χ0v) is 8.02. The minimum Gasteiger partial charge on any atom is -0.323 e. The Hall–Kier alpha value is -0.730. The van der Waals surface area contributed by atoms with Gasteiger partial charge in [0.25, 0.3) is 0 Å². The minimum atomic E-state index is 0.564. The standard InChI is InChI=1S/C8H8Cl2N2/c1-5(12-11)7-3-2-6(9)4-8(7)10/h2-4H,11H2,1H3/b12-5-. The molecule has 4 heteroatoms. The lowest BCUT2D eigenvalue weighted by molar-refractivity contribution is 1.24. The molecule has 2 nitrogen and oxygen atoms in total. The van der Waals surface area contributed by atoms with Gasteiger partial charge in [-0.3, -0.25) is 0 Å². The van der Waals surface area contributed by atoms with Crippen molar-refractivity contribution in [1.29, 1.82) is 0 Å². The summed E-state index contributed by atoms with van der Waals surface area (Å²) in [6, 6.07) is 5.20. The second kappa shape index (κ2) is 3.78. The highest BCUT2D eigenvalue weighted by Gasteiger charge is 2.03. The van der Waals surface area contributed by atoms with Gasteiger partial charge in [-0.25, -0.2) is 0 Å². The molecule has 64 valence electrons. The molecule has 0 saturated carbocycles. The van der Waals surface area contributed by atoms with Crippen molar-refractivity contribution in [2.24, 2.45) is 10.9 Å². The maximum atomic E-state index is 5.88. The Kier molecular flexibility index (Phi) is 2.95. The maximum Gasteiger partial charge on any atom is 0.0656 e. The number of hydrogen-bond donors (Lipinski definition) is 1. The van der Waals surface area contributed by atoms with Crippen LogP contribution in [-0.4, -0.2) is 5.71 Å². The van der Waals surface area contributed by atoms with Gasteiger partial charge in [-0.2, -0.15) is 5.10 Å². The van der Waals surface area contributed by atoms with Crippen LogP contribution < -0.4 is 5.84 Å². The summed E-state index contributed by atoms with van der Waals surface area (Å²) < 4.78 is 0. The summed E-state index contributed by atoms with van der Waals surface area (Å²) in [6.45, 7) is 1.79. The van der Waals surface area contributed by atoms with E-state index >= 15 is 0 Å². The molecule has 0 atom stereocenters. The fraction of sp³-hybridized carbons (Fsp3) is 0.125. The molecule has 0 aliphatic heterocycles. The Labute approximate surface area is 81.0 Å². The molecular formula is C8H8Cl2N2. The quantitative estimate of drug-likeness (QED) is 0.425. The van der Waals surface area contributed by atoms with E-state index in [0.717, 1.165) is 5.56 Å². The van der Waals surface area contributed by atoms with Crippen molar-refractivity contribution in [3.05, 3.63) is 33.8 Å². The van der Waals surface area contributed by atoms with Gasteiger partial charge in [-0.05, 0) is 19.1 Å². The fourth-order valence-electron chi connectivity index (χ4n) is 0.852. The highest BCUT2D eigenvalue weighted by atomic mass is 35.5. The van der Waals surface area contributed by atoms with Crippen LogP contribution in [0.5, 0.6) is 0 Å². The first-order chi connectivity index (χ1) is 5.65. The van der Waals surface area contributed by atoms with Crippen LogP contribution in [0.25, 0.3) is 0 Å². The monoisotopic (exact) mass is 202 g/mol. The zero-order valence-electron chi connectivity index (χ0n) is 6.51. The fourth-order valence-corrected chi connectivity index (χ4v) is 1.40. The van der Waals surface area contributed by atoms with E-state index in [0.29, 0.717) is 15.8 Å². The smallest absolute Gasteiger partial charge is 0.0656 e. The van der Waals surface area contributed by atoms with Crippen molar-refractivity contribution < 1.29 is 0 Å². The Balaban J connectivity index is 3.18. The second-order valence-corrected chi connectivity index (χ2v) is 3.18. The molecule has 0 fully saturated rings. The van der Waals surface area contributed by atoms with Crippen LogP contribution in [0.2, 0.25) is 10.0 Å². The largest absolute Gasteiger partial charge is 0.323 e.